The summed E-state index contributed by atoms with van der Waals surface area (Å²) in [6.45, 7) is 5.32. The quantitative estimate of drug-likeness (QED) is 0.602. The van der Waals surface area contributed by atoms with Gasteiger partial charge in [0.05, 0.1) is 38.1 Å². The Morgan fingerprint density at radius 3 is 2.72 bits per heavy atom. The van der Waals surface area contributed by atoms with Crippen LogP contribution in [0.1, 0.15) is 11.1 Å². The van der Waals surface area contributed by atoms with Gasteiger partial charge >= 0.3 is 5.56 Å². The summed E-state index contributed by atoms with van der Waals surface area (Å²) < 4.78 is 25.9. The minimum absolute atomic E-state index is 0.0343. The first-order valence-corrected chi connectivity index (χ1v) is 10.6. The predicted molar refractivity (Wildman–Crippen MR) is 123 cm³/mol. The minimum Gasteiger partial charge on any atom is -0.490 e. The molecular formula is C23H24ClFN4O3. The molecule has 32 heavy (non-hydrogen) atoms. The molecule has 1 N–H and O–H groups in total. The van der Waals surface area contributed by atoms with Crippen LogP contribution in [-0.2, 0) is 11.3 Å². The normalized spacial score (nSPS) is 13.8. The lowest BCUT2D eigenvalue weighted by atomic mass is 10.1. The number of morpholine rings is 1. The van der Waals surface area contributed by atoms with Crippen molar-refractivity contribution < 1.29 is 13.9 Å². The molecule has 168 valence electrons. The van der Waals surface area contributed by atoms with Gasteiger partial charge in [-0.05, 0) is 42.3 Å². The number of nitrogens with zero attached hydrogens (tertiary/aromatic N) is 3. The van der Waals surface area contributed by atoms with Crippen LogP contribution in [0.25, 0.3) is 0 Å². The van der Waals surface area contributed by atoms with Crippen molar-refractivity contribution in [2.45, 2.75) is 13.5 Å². The third-order valence-electron chi connectivity index (χ3n) is 5.36. The molecule has 3 aromatic rings. The van der Waals surface area contributed by atoms with E-state index in [1.165, 1.54) is 13.2 Å². The molecule has 0 radical (unpaired) electrons. The lowest BCUT2D eigenvalue weighted by Crippen LogP contribution is -2.36. The Labute approximate surface area is 190 Å². The van der Waals surface area contributed by atoms with Crippen molar-refractivity contribution in [1.82, 2.24) is 9.55 Å². The van der Waals surface area contributed by atoms with Crippen molar-refractivity contribution in [2.75, 3.05) is 43.6 Å². The number of halogens is 2. The molecule has 1 aromatic heterocycles. The number of aromatic nitrogens is 2. The van der Waals surface area contributed by atoms with Gasteiger partial charge in [0.1, 0.15) is 5.82 Å². The lowest BCUT2D eigenvalue weighted by Gasteiger charge is -2.29. The SMILES string of the molecule is COc1cn(Cc2ccc(F)c(Cl)c2)c(Nc2cc(N3CCOCC3)ccc2C)nc1=O. The monoisotopic (exact) mass is 458 g/mol. The van der Waals surface area contributed by atoms with Crippen molar-refractivity contribution in [1.29, 1.82) is 0 Å². The third-order valence-corrected chi connectivity index (χ3v) is 5.65. The van der Waals surface area contributed by atoms with Crippen LogP contribution in [0.15, 0.2) is 47.4 Å². The number of anilines is 3. The topological polar surface area (TPSA) is 68.6 Å². The number of benzene rings is 2. The summed E-state index contributed by atoms with van der Waals surface area (Å²) in [5.41, 5.74) is 3.17. The number of hydrogen-bond donors (Lipinski definition) is 1. The zero-order valence-electron chi connectivity index (χ0n) is 17.9. The van der Waals surface area contributed by atoms with Gasteiger partial charge in [-0.3, -0.25) is 4.79 Å². The maximum absolute atomic E-state index is 13.6. The maximum Gasteiger partial charge on any atom is 0.316 e. The summed E-state index contributed by atoms with van der Waals surface area (Å²) >= 11 is 5.94. The molecule has 0 atom stereocenters. The summed E-state index contributed by atoms with van der Waals surface area (Å²) in [4.78, 5) is 18.8. The third kappa shape index (κ3) is 4.87. The second kappa shape index (κ2) is 9.58. The number of methoxy groups -OCH3 is 1. The molecule has 2 aromatic carbocycles. The molecule has 0 bridgehead atoms. The van der Waals surface area contributed by atoms with Gasteiger partial charge in [-0.25, -0.2) is 4.39 Å². The minimum atomic E-state index is -0.486. The van der Waals surface area contributed by atoms with Crippen molar-refractivity contribution >= 4 is 28.9 Å². The van der Waals surface area contributed by atoms with Gasteiger partial charge in [0.15, 0.2) is 0 Å². The summed E-state index contributed by atoms with van der Waals surface area (Å²) in [5, 5.41) is 3.32. The van der Waals surface area contributed by atoms with Crippen LogP contribution in [0.4, 0.5) is 21.7 Å². The average molecular weight is 459 g/mol. The molecule has 1 aliphatic rings. The van der Waals surface area contributed by atoms with E-state index in [0.29, 0.717) is 25.7 Å². The van der Waals surface area contributed by atoms with Gasteiger partial charge in [-0.1, -0.05) is 23.7 Å². The number of aryl methyl sites for hydroxylation is 1. The van der Waals surface area contributed by atoms with Gasteiger partial charge in [0.2, 0.25) is 11.7 Å². The standard InChI is InChI=1S/C23H24ClFN4O3/c1-15-3-5-17(28-7-9-32-10-8-28)12-20(15)26-23-27-22(30)21(31-2)14-29(23)13-16-4-6-19(25)18(24)11-16/h3-6,11-12,14H,7-10,13H2,1-2H3,(H,26,27,30). The van der Waals surface area contributed by atoms with E-state index in [1.807, 2.05) is 19.1 Å². The molecule has 9 heteroatoms. The van der Waals surface area contributed by atoms with Crippen molar-refractivity contribution in [3.8, 4) is 5.75 Å². The van der Waals surface area contributed by atoms with E-state index in [4.69, 9.17) is 21.1 Å². The largest absolute Gasteiger partial charge is 0.490 e. The highest BCUT2D eigenvalue weighted by Gasteiger charge is 2.15. The summed E-state index contributed by atoms with van der Waals surface area (Å²) in [6, 6.07) is 10.6. The molecule has 0 amide bonds. The molecule has 0 saturated carbocycles. The number of nitrogens with one attached hydrogen (secondary N) is 1. The first-order chi connectivity index (χ1) is 15.4. The molecule has 1 fully saturated rings. The highest BCUT2D eigenvalue weighted by Crippen LogP contribution is 2.27. The zero-order valence-corrected chi connectivity index (χ0v) is 18.7. The first-order valence-electron chi connectivity index (χ1n) is 10.2. The summed E-state index contributed by atoms with van der Waals surface area (Å²) in [6.07, 6.45) is 1.58. The van der Waals surface area contributed by atoms with E-state index in [9.17, 15) is 9.18 Å². The van der Waals surface area contributed by atoms with Gasteiger partial charge < -0.3 is 24.3 Å². The predicted octanol–water partition coefficient (Wildman–Crippen LogP) is 3.98. The average Bonchev–Trinajstić information content (AvgIpc) is 2.80. The Kier molecular flexibility index (Phi) is 6.62. The first kappa shape index (κ1) is 22.1. The van der Waals surface area contributed by atoms with Crippen molar-refractivity contribution in [3.63, 3.8) is 0 Å². The van der Waals surface area contributed by atoms with Gasteiger partial charge in [-0.2, -0.15) is 4.98 Å². The molecule has 0 spiro atoms. The van der Waals surface area contributed by atoms with Crippen LogP contribution in [0.3, 0.4) is 0 Å². The Hall–Kier alpha value is -3.10. The fourth-order valence-electron chi connectivity index (χ4n) is 3.55. The second-order valence-electron chi connectivity index (χ2n) is 7.54. The molecule has 1 aliphatic heterocycles. The molecule has 0 aliphatic carbocycles. The van der Waals surface area contributed by atoms with E-state index in [-0.39, 0.29) is 10.8 Å². The smallest absolute Gasteiger partial charge is 0.316 e. The fourth-order valence-corrected chi connectivity index (χ4v) is 3.75. The zero-order chi connectivity index (χ0) is 22.7. The molecule has 7 nitrogen and oxygen atoms in total. The highest BCUT2D eigenvalue weighted by molar-refractivity contribution is 6.30. The Bertz CT molecular complexity index is 1180. The van der Waals surface area contributed by atoms with Gasteiger partial charge in [0.25, 0.3) is 0 Å². The van der Waals surface area contributed by atoms with Crippen LogP contribution in [0.2, 0.25) is 5.02 Å². The number of rotatable bonds is 6. The van der Waals surface area contributed by atoms with Gasteiger partial charge in [-0.15, -0.1) is 0 Å². The van der Waals surface area contributed by atoms with E-state index >= 15 is 0 Å². The summed E-state index contributed by atoms with van der Waals surface area (Å²) in [5.74, 6) is -0.0269. The molecule has 4 rings (SSSR count). The van der Waals surface area contributed by atoms with Crippen LogP contribution in [0, 0.1) is 12.7 Å². The number of hydrogen-bond acceptors (Lipinski definition) is 6. The van der Waals surface area contributed by atoms with E-state index < -0.39 is 11.4 Å². The van der Waals surface area contributed by atoms with E-state index in [1.54, 1.807) is 22.9 Å². The highest BCUT2D eigenvalue weighted by atomic mass is 35.5. The Balaban J connectivity index is 1.69. The van der Waals surface area contributed by atoms with E-state index in [0.717, 1.165) is 35.6 Å². The second-order valence-corrected chi connectivity index (χ2v) is 7.95. The van der Waals surface area contributed by atoms with Crippen LogP contribution in [-0.4, -0.2) is 43.0 Å². The fraction of sp³-hybridized carbons (Fsp3) is 0.304. The summed E-state index contributed by atoms with van der Waals surface area (Å²) in [7, 11) is 1.42. The molecular weight excluding hydrogens is 435 g/mol. The molecule has 0 unspecified atom stereocenters. The number of ether oxygens (including phenoxy) is 2. The van der Waals surface area contributed by atoms with Crippen LogP contribution in [0.5, 0.6) is 5.75 Å². The Morgan fingerprint density at radius 2 is 2.00 bits per heavy atom. The lowest BCUT2D eigenvalue weighted by molar-refractivity contribution is 0.122. The Morgan fingerprint density at radius 1 is 1.22 bits per heavy atom. The van der Waals surface area contributed by atoms with Crippen molar-refractivity contribution in [2.24, 2.45) is 0 Å². The molecule has 2 heterocycles. The van der Waals surface area contributed by atoms with E-state index in [2.05, 4.69) is 21.3 Å². The maximum atomic E-state index is 13.6. The van der Waals surface area contributed by atoms with Crippen molar-refractivity contribution in [3.05, 3.63) is 74.9 Å². The van der Waals surface area contributed by atoms with Crippen LogP contribution >= 0.6 is 11.6 Å². The molecule has 1 saturated heterocycles. The van der Waals surface area contributed by atoms with Gasteiger partial charge in [0, 0.05) is 24.5 Å². The van der Waals surface area contributed by atoms with Crippen LogP contribution < -0.4 is 20.5 Å².